The molecule has 27 heavy (non-hydrogen) atoms. The van der Waals surface area contributed by atoms with Crippen LogP contribution in [0.15, 0.2) is 36.4 Å². The number of anilines is 1. The molecule has 1 amide bonds. The average Bonchev–Trinajstić information content (AvgIpc) is 3.21. The predicted octanol–water partition coefficient (Wildman–Crippen LogP) is 4.99. The Hall–Kier alpha value is -2.25. The number of rotatable bonds is 4. The molecule has 140 valence electrons. The van der Waals surface area contributed by atoms with Crippen LogP contribution in [0, 0.1) is 11.6 Å². The van der Waals surface area contributed by atoms with Crippen LogP contribution < -0.4 is 10.6 Å². The second-order valence-electron chi connectivity index (χ2n) is 6.49. The summed E-state index contributed by atoms with van der Waals surface area (Å²) in [6.45, 7) is 0. The highest BCUT2D eigenvalue weighted by Crippen LogP contribution is 2.30. The number of carbonyl (C=O) groups is 1. The van der Waals surface area contributed by atoms with Crippen molar-refractivity contribution in [3.63, 3.8) is 0 Å². The largest absolute Gasteiger partial charge is 0.357 e. The fraction of sp³-hybridized carbons (Fsp3) is 0.263. The highest BCUT2D eigenvalue weighted by molar-refractivity contribution is 7.22. The molecule has 4 nitrogen and oxygen atoms in total. The second kappa shape index (κ2) is 7.40. The molecule has 4 rings (SSSR count). The zero-order valence-electron chi connectivity index (χ0n) is 14.1. The summed E-state index contributed by atoms with van der Waals surface area (Å²) in [6, 6.07) is 8.43. The van der Waals surface area contributed by atoms with E-state index in [2.05, 4.69) is 15.6 Å². The number of fused-ring (bicyclic) bond motifs is 1. The Morgan fingerprint density at radius 3 is 2.81 bits per heavy atom. The second-order valence-corrected chi connectivity index (χ2v) is 7.93. The summed E-state index contributed by atoms with van der Waals surface area (Å²) < 4.78 is 28.1. The quantitative estimate of drug-likeness (QED) is 0.640. The number of thiazole rings is 1. The number of carbonyl (C=O) groups excluding carboxylic acids is 1. The highest BCUT2D eigenvalue weighted by atomic mass is 35.5. The smallest absolute Gasteiger partial charge is 0.256 e. The Kier molecular flexibility index (Phi) is 4.97. The molecule has 0 bridgehead atoms. The summed E-state index contributed by atoms with van der Waals surface area (Å²) >= 11 is 7.34. The van der Waals surface area contributed by atoms with Gasteiger partial charge in [0.25, 0.3) is 5.91 Å². The lowest BCUT2D eigenvalue weighted by molar-refractivity contribution is 0.0932. The van der Waals surface area contributed by atoms with Crippen LogP contribution in [0.1, 0.15) is 29.6 Å². The Morgan fingerprint density at radius 1 is 1.19 bits per heavy atom. The molecule has 8 heteroatoms. The molecule has 1 heterocycles. The van der Waals surface area contributed by atoms with Crippen molar-refractivity contribution < 1.29 is 13.6 Å². The van der Waals surface area contributed by atoms with Crippen molar-refractivity contribution in [2.45, 2.75) is 31.3 Å². The molecule has 0 spiro atoms. The maximum absolute atomic E-state index is 14.0. The van der Waals surface area contributed by atoms with Gasteiger partial charge in [-0.1, -0.05) is 29.0 Å². The first-order chi connectivity index (χ1) is 13.0. The van der Waals surface area contributed by atoms with Gasteiger partial charge >= 0.3 is 0 Å². The predicted molar refractivity (Wildman–Crippen MR) is 104 cm³/mol. The Labute approximate surface area is 163 Å². The standard InChI is InChI=1S/C19H16ClF2N3OS/c20-11-3-1-4-12(22)17(11)18(26)23-13-5-2-6-14(13)24-19-25-15-8-7-10(21)9-16(15)27-19/h1,3-4,7-9,13-14H,2,5-6H2,(H,23,26)(H,24,25)/t13-,14+/m1/s1. The number of hydrogen-bond donors (Lipinski definition) is 2. The van der Waals surface area contributed by atoms with Gasteiger partial charge in [0.1, 0.15) is 11.6 Å². The van der Waals surface area contributed by atoms with E-state index in [1.165, 1.54) is 41.7 Å². The van der Waals surface area contributed by atoms with Crippen LogP contribution >= 0.6 is 22.9 Å². The van der Waals surface area contributed by atoms with E-state index in [9.17, 15) is 13.6 Å². The molecule has 2 aromatic carbocycles. The third-order valence-corrected chi connectivity index (χ3v) is 5.95. The van der Waals surface area contributed by atoms with Gasteiger partial charge in [0.15, 0.2) is 5.13 Å². The number of aromatic nitrogens is 1. The molecule has 3 aromatic rings. The third kappa shape index (κ3) is 3.75. The molecule has 1 saturated carbocycles. The summed E-state index contributed by atoms with van der Waals surface area (Å²) in [5.74, 6) is -1.47. The summed E-state index contributed by atoms with van der Waals surface area (Å²) in [5.41, 5.74) is 0.584. The number of nitrogens with one attached hydrogen (secondary N) is 2. The molecule has 0 saturated heterocycles. The van der Waals surface area contributed by atoms with E-state index in [0.717, 1.165) is 29.5 Å². The average molecular weight is 408 g/mol. The molecule has 1 aliphatic carbocycles. The molecule has 0 unspecified atom stereocenters. The van der Waals surface area contributed by atoms with Gasteiger partial charge in [-0.25, -0.2) is 13.8 Å². The molecule has 1 fully saturated rings. The van der Waals surface area contributed by atoms with Crippen LogP contribution in [0.25, 0.3) is 10.2 Å². The van der Waals surface area contributed by atoms with E-state index >= 15 is 0 Å². The fourth-order valence-electron chi connectivity index (χ4n) is 3.38. The molecule has 0 radical (unpaired) electrons. The summed E-state index contributed by atoms with van der Waals surface area (Å²) in [4.78, 5) is 17.0. The van der Waals surface area contributed by atoms with Gasteiger partial charge in [0.05, 0.1) is 20.8 Å². The van der Waals surface area contributed by atoms with Gasteiger partial charge in [0, 0.05) is 12.1 Å². The van der Waals surface area contributed by atoms with Gasteiger partial charge in [0.2, 0.25) is 0 Å². The van der Waals surface area contributed by atoms with Crippen LogP contribution in [0.4, 0.5) is 13.9 Å². The van der Waals surface area contributed by atoms with Crippen molar-refractivity contribution in [1.29, 1.82) is 0 Å². The van der Waals surface area contributed by atoms with E-state index in [1.807, 2.05) is 0 Å². The Morgan fingerprint density at radius 2 is 2.00 bits per heavy atom. The van der Waals surface area contributed by atoms with Crippen LogP contribution in [0.5, 0.6) is 0 Å². The van der Waals surface area contributed by atoms with E-state index in [-0.39, 0.29) is 28.5 Å². The van der Waals surface area contributed by atoms with Crippen LogP contribution in [0.3, 0.4) is 0 Å². The Balaban J connectivity index is 1.49. The topological polar surface area (TPSA) is 54.0 Å². The number of amides is 1. The van der Waals surface area contributed by atoms with Gasteiger partial charge in [-0.2, -0.15) is 0 Å². The highest BCUT2D eigenvalue weighted by Gasteiger charge is 2.30. The first-order valence-electron chi connectivity index (χ1n) is 8.59. The van der Waals surface area contributed by atoms with E-state index in [0.29, 0.717) is 5.13 Å². The Bertz CT molecular complexity index is 990. The third-order valence-electron chi connectivity index (χ3n) is 4.68. The lowest BCUT2D eigenvalue weighted by atomic mass is 10.1. The fourth-order valence-corrected chi connectivity index (χ4v) is 4.58. The summed E-state index contributed by atoms with van der Waals surface area (Å²) in [7, 11) is 0. The lowest BCUT2D eigenvalue weighted by Crippen LogP contribution is -2.43. The molecule has 1 aromatic heterocycles. The van der Waals surface area contributed by atoms with E-state index < -0.39 is 11.7 Å². The van der Waals surface area contributed by atoms with Crippen molar-refractivity contribution >= 4 is 44.2 Å². The number of halogens is 3. The van der Waals surface area contributed by atoms with Crippen molar-refractivity contribution in [2.24, 2.45) is 0 Å². The van der Waals surface area contributed by atoms with Crippen molar-refractivity contribution in [3.05, 3.63) is 58.6 Å². The first kappa shape index (κ1) is 18.1. The van der Waals surface area contributed by atoms with Crippen molar-refractivity contribution in [1.82, 2.24) is 10.3 Å². The normalized spacial score (nSPS) is 19.4. The summed E-state index contributed by atoms with van der Waals surface area (Å²) in [5, 5.41) is 6.97. The van der Waals surface area contributed by atoms with Gasteiger partial charge in [-0.15, -0.1) is 0 Å². The molecule has 2 atom stereocenters. The first-order valence-corrected chi connectivity index (χ1v) is 9.78. The van der Waals surface area contributed by atoms with Crippen LogP contribution in [-0.2, 0) is 0 Å². The van der Waals surface area contributed by atoms with Crippen molar-refractivity contribution in [3.8, 4) is 0 Å². The maximum Gasteiger partial charge on any atom is 0.256 e. The van der Waals surface area contributed by atoms with Gasteiger partial charge in [-0.05, 0) is 49.6 Å². The molecule has 2 N–H and O–H groups in total. The van der Waals surface area contributed by atoms with Gasteiger partial charge < -0.3 is 10.6 Å². The molecule has 0 aliphatic heterocycles. The minimum absolute atomic E-state index is 0.0371. The lowest BCUT2D eigenvalue weighted by Gasteiger charge is -2.22. The molecular weight excluding hydrogens is 392 g/mol. The van der Waals surface area contributed by atoms with E-state index in [4.69, 9.17) is 11.6 Å². The number of hydrogen-bond acceptors (Lipinski definition) is 4. The maximum atomic E-state index is 14.0. The number of nitrogens with zero attached hydrogens (tertiary/aromatic N) is 1. The molecular formula is C19H16ClF2N3OS. The SMILES string of the molecule is O=C(N[C@@H]1CCC[C@@H]1Nc1nc2ccc(F)cc2s1)c1c(F)cccc1Cl. The monoisotopic (exact) mass is 407 g/mol. The molecule has 1 aliphatic rings. The minimum atomic E-state index is -0.643. The van der Waals surface area contributed by atoms with Crippen LogP contribution in [0.2, 0.25) is 5.02 Å². The van der Waals surface area contributed by atoms with E-state index in [1.54, 1.807) is 6.07 Å². The minimum Gasteiger partial charge on any atom is -0.357 e. The summed E-state index contributed by atoms with van der Waals surface area (Å²) in [6.07, 6.45) is 2.54. The zero-order chi connectivity index (χ0) is 19.0. The number of benzene rings is 2. The zero-order valence-corrected chi connectivity index (χ0v) is 15.7. The van der Waals surface area contributed by atoms with Gasteiger partial charge in [-0.3, -0.25) is 4.79 Å². The van der Waals surface area contributed by atoms with Crippen LogP contribution in [-0.4, -0.2) is 23.0 Å². The van der Waals surface area contributed by atoms with Crippen molar-refractivity contribution in [2.75, 3.05) is 5.32 Å².